The maximum atomic E-state index is 14.4. The number of nitrogens with zero attached hydrogens (tertiary/aromatic N) is 1. The highest BCUT2D eigenvalue weighted by molar-refractivity contribution is 5.91. The molecule has 1 saturated heterocycles. The van der Waals surface area contributed by atoms with Gasteiger partial charge in [0, 0.05) is 38.3 Å². The summed E-state index contributed by atoms with van der Waals surface area (Å²) in [6.45, 7) is 0.864. The first-order valence-corrected chi connectivity index (χ1v) is 7.45. The number of esters is 2. The maximum absolute atomic E-state index is 14.4. The standard InChI is InChI=1S/C15H15F5N2O4/c1-25-8-6-9(16)11(10(17)7-8)12(22-4-2-21-3-5-22)13(23)26-14(24)15(18,19)20/h6-7,12,21H,2-5H2,1H3/t12-/m0/s1. The van der Waals surface area contributed by atoms with Gasteiger partial charge >= 0.3 is 18.1 Å². The number of hydrogen-bond acceptors (Lipinski definition) is 6. The lowest BCUT2D eigenvalue weighted by Crippen LogP contribution is -2.48. The summed E-state index contributed by atoms with van der Waals surface area (Å²) in [5, 5.41) is 2.92. The lowest BCUT2D eigenvalue weighted by atomic mass is 10.0. The predicted molar refractivity (Wildman–Crippen MR) is 77.2 cm³/mol. The Morgan fingerprint density at radius 1 is 1.15 bits per heavy atom. The van der Waals surface area contributed by atoms with E-state index in [1.807, 2.05) is 0 Å². The van der Waals surface area contributed by atoms with Crippen molar-refractivity contribution in [1.29, 1.82) is 0 Å². The van der Waals surface area contributed by atoms with Gasteiger partial charge in [-0.25, -0.2) is 18.4 Å². The third-order valence-corrected chi connectivity index (χ3v) is 3.73. The molecule has 1 N–H and O–H groups in total. The van der Waals surface area contributed by atoms with Crippen molar-refractivity contribution in [3.05, 3.63) is 29.3 Å². The summed E-state index contributed by atoms with van der Waals surface area (Å²) in [6.07, 6.45) is -5.42. The average Bonchev–Trinajstić information content (AvgIpc) is 2.57. The van der Waals surface area contributed by atoms with E-state index in [4.69, 9.17) is 4.74 Å². The molecule has 0 aliphatic carbocycles. The molecule has 0 aromatic heterocycles. The van der Waals surface area contributed by atoms with E-state index in [0.29, 0.717) is 13.1 Å². The fourth-order valence-electron chi connectivity index (χ4n) is 2.53. The number of methoxy groups -OCH3 is 1. The van der Waals surface area contributed by atoms with Gasteiger partial charge in [-0.05, 0) is 0 Å². The fraction of sp³-hybridized carbons (Fsp3) is 0.467. The fourth-order valence-corrected chi connectivity index (χ4v) is 2.53. The molecule has 1 atom stereocenters. The number of benzene rings is 1. The van der Waals surface area contributed by atoms with E-state index in [-0.39, 0.29) is 18.8 Å². The molecule has 0 bridgehead atoms. The van der Waals surface area contributed by atoms with Crippen LogP contribution in [-0.2, 0) is 14.3 Å². The zero-order valence-electron chi connectivity index (χ0n) is 13.5. The molecule has 0 amide bonds. The van der Waals surface area contributed by atoms with E-state index in [0.717, 1.165) is 19.2 Å². The maximum Gasteiger partial charge on any atom is 0.491 e. The number of carbonyl (C=O) groups excluding carboxylic acids is 2. The third-order valence-electron chi connectivity index (χ3n) is 3.73. The molecular formula is C15H15F5N2O4. The summed E-state index contributed by atoms with van der Waals surface area (Å²) >= 11 is 0. The van der Waals surface area contributed by atoms with E-state index >= 15 is 0 Å². The van der Waals surface area contributed by atoms with Crippen molar-refractivity contribution in [2.75, 3.05) is 33.3 Å². The summed E-state index contributed by atoms with van der Waals surface area (Å²) < 4.78 is 74.3. The molecule has 1 aliphatic heterocycles. The number of ether oxygens (including phenoxy) is 2. The Kier molecular flexibility index (Phi) is 6.13. The van der Waals surface area contributed by atoms with Crippen molar-refractivity contribution in [1.82, 2.24) is 10.2 Å². The number of carbonyl (C=O) groups is 2. The van der Waals surface area contributed by atoms with Crippen LogP contribution in [0.3, 0.4) is 0 Å². The molecule has 1 heterocycles. The van der Waals surface area contributed by atoms with Crippen LogP contribution >= 0.6 is 0 Å². The molecule has 11 heteroatoms. The van der Waals surface area contributed by atoms with Gasteiger partial charge in [-0.2, -0.15) is 13.2 Å². The second-order valence-corrected chi connectivity index (χ2v) is 5.40. The van der Waals surface area contributed by atoms with Crippen LogP contribution in [0.2, 0.25) is 0 Å². The topological polar surface area (TPSA) is 67.9 Å². The zero-order valence-corrected chi connectivity index (χ0v) is 13.5. The number of nitrogens with one attached hydrogen (secondary N) is 1. The number of piperazine rings is 1. The lowest BCUT2D eigenvalue weighted by molar-refractivity contribution is -0.203. The minimum atomic E-state index is -5.42. The van der Waals surface area contributed by atoms with Gasteiger partial charge in [-0.1, -0.05) is 0 Å². The van der Waals surface area contributed by atoms with Crippen molar-refractivity contribution in [3.8, 4) is 5.75 Å². The largest absolute Gasteiger partial charge is 0.497 e. The molecule has 144 valence electrons. The average molecular weight is 382 g/mol. The molecule has 0 spiro atoms. The normalized spacial score (nSPS) is 16.8. The van der Waals surface area contributed by atoms with Gasteiger partial charge in [-0.3, -0.25) is 4.90 Å². The van der Waals surface area contributed by atoms with Crippen LogP contribution in [0.5, 0.6) is 5.75 Å². The highest BCUT2D eigenvalue weighted by Crippen LogP contribution is 2.31. The number of hydrogen-bond donors (Lipinski definition) is 1. The minimum Gasteiger partial charge on any atom is -0.497 e. The van der Waals surface area contributed by atoms with Crippen molar-refractivity contribution >= 4 is 11.9 Å². The second-order valence-electron chi connectivity index (χ2n) is 5.40. The van der Waals surface area contributed by atoms with E-state index in [9.17, 15) is 31.5 Å². The van der Waals surface area contributed by atoms with Gasteiger partial charge in [0.15, 0.2) is 0 Å². The molecule has 1 fully saturated rings. The number of alkyl halides is 3. The Balaban J connectivity index is 2.42. The highest BCUT2D eigenvalue weighted by atomic mass is 19.4. The molecule has 1 aromatic carbocycles. The monoisotopic (exact) mass is 382 g/mol. The Bertz CT molecular complexity index is 666. The highest BCUT2D eigenvalue weighted by Gasteiger charge is 2.45. The molecule has 26 heavy (non-hydrogen) atoms. The Morgan fingerprint density at radius 2 is 1.69 bits per heavy atom. The SMILES string of the molecule is COc1cc(F)c([C@@H](C(=O)OC(=O)C(F)(F)F)N2CCNCC2)c(F)c1. The quantitative estimate of drug-likeness (QED) is 0.484. The number of halogens is 5. The first-order chi connectivity index (χ1) is 12.1. The molecule has 0 unspecified atom stereocenters. The first kappa shape index (κ1) is 20.0. The van der Waals surface area contributed by atoms with E-state index < -0.39 is 41.4 Å². The zero-order chi connectivity index (χ0) is 19.5. The van der Waals surface area contributed by atoms with Gasteiger partial charge in [0.25, 0.3) is 0 Å². The molecule has 2 rings (SSSR count). The van der Waals surface area contributed by atoms with Crippen molar-refractivity contribution in [2.45, 2.75) is 12.2 Å². The summed E-state index contributed by atoms with van der Waals surface area (Å²) in [4.78, 5) is 24.4. The Hall–Kier alpha value is -2.27. The molecule has 6 nitrogen and oxygen atoms in total. The third kappa shape index (κ3) is 4.47. The van der Waals surface area contributed by atoms with E-state index in [1.165, 1.54) is 4.90 Å². The molecule has 1 aromatic rings. The van der Waals surface area contributed by atoms with Gasteiger partial charge in [0.05, 0.1) is 12.7 Å². The second kappa shape index (κ2) is 7.96. The summed E-state index contributed by atoms with van der Waals surface area (Å²) in [5.41, 5.74) is -0.812. The summed E-state index contributed by atoms with van der Waals surface area (Å²) in [5.74, 6) is -7.06. The smallest absolute Gasteiger partial charge is 0.491 e. The van der Waals surface area contributed by atoms with Crippen LogP contribution in [0.1, 0.15) is 11.6 Å². The predicted octanol–water partition coefficient (Wildman–Crippen LogP) is 1.55. The number of rotatable bonds is 4. The molecule has 1 aliphatic rings. The van der Waals surface area contributed by atoms with Gasteiger partial charge in [-0.15, -0.1) is 0 Å². The van der Waals surface area contributed by atoms with E-state index in [1.54, 1.807) is 0 Å². The first-order valence-electron chi connectivity index (χ1n) is 7.45. The minimum absolute atomic E-state index is 0.102. The molecule has 0 radical (unpaired) electrons. The van der Waals surface area contributed by atoms with Crippen molar-refractivity contribution in [2.24, 2.45) is 0 Å². The summed E-state index contributed by atoms with van der Waals surface area (Å²) in [7, 11) is 1.16. The Labute approximate surface area is 144 Å². The lowest BCUT2D eigenvalue weighted by Gasteiger charge is -2.33. The van der Waals surface area contributed by atoms with Crippen molar-refractivity contribution < 1.29 is 41.0 Å². The van der Waals surface area contributed by atoms with Crippen LogP contribution in [0.25, 0.3) is 0 Å². The van der Waals surface area contributed by atoms with Crippen LogP contribution in [0.15, 0.2) is 12.1 Å². The van der Waals surface area contributed by atoms with E-state index in [2.05, 4.69) is 10.1 Å². The van der Waals surface area contributed by atoms with Gasteiger partial charge in [0.1, 0.15) is 23.4 Å². The van der Waals surface area contributed by atoms with Crippen molar-refractivity contribution in [3.63, 3.8) is 0 Å². The molecule has 0 saturated carbocycles. The van der Waals surface area contributed by atoms with Crippen LogP contribution < -0.4 is 10.1 Å². The van der Waals surface area contributed by atoms with Gasteiger partial charge < -0.3 is 14.8 Å². The molecular weight excluding hydrogens is 367 g/mol. The van der Waals surface area contributed by atoms with Gasteiger partial charge in [0.2, 0.25) is 0 Å². The van der Waals surface area contributed by atoms with Crippen LogP contribution in [0, 0.1) is 11.6 Å². The van der Waals surface area contributed by atoms with Crippen LogP contribution in [-0.4, -0.2) is 56.3 Å². The summed E-state index contributed by atoms with van der Waals surface area (Å²) in [6, 6.07) is -0.284. The Morgan fingerprint density at radius 3 is 2.15 bits per heavy atom. The van der Waals surface area contributed by atoms with Crippen LogP contribution in [0.4, 0.5) is 22.0 Å².